The van der Waals surface area contributed by atoms with E-state index in [0.29, 0.717) is 24.1 Å². The van der Waals surface area contributed by atoms with Crippen LogP contribution in [0.2, 0.25) is 0 Å². The predicted molar refractivity (Wildman–Crippen MR) is 135 cm³/mol. The van der Waals surface area contributed by atoms with E-state index in [9.17, 15) is 19.2 Å². The molecule has 2 saturated heterocycles. The molecule has 0 bridgehead atoms. The third-order valence-electron chi connectivity index (χ3n) is 8.42. The smallest absolute Gasteiger partial charge is 0.255 e. The number of piperidine rings is 1. The fraction of sp³-hybridized carbons (Fsp3) is 0.630. The van der Waals surface area contributed by atoms with Crippen molar-refractivity contribution in [1.82, 2.24) is 20.0 Å². The Morgan fingerprint density at radius 1 is 1.03 bits per heavy atom. The van der Waals surface area contributed by atoms with Crippen LogP contribution in [-0.2, 0) is 20.9 Å². The van der Waals surface area contributed by atoms with Crippen LogP contribution >= 0.6 is 0 Å². The van der Waals surface area contributed by atoms with E-state index in [1.807, 2.05) is 6.07 Å². The molecule has 1 unspecified atom stereocenters. The summed E-state index contributed by atoms with van der Waals surface area (Å²) in [5.41, 5.74) is 1.86. The van der Waals surface area contributed by atoms with E-state index in [1.165, 1.54) is 30.6 Å². The van der Waals surface area contributed by atoms with Gasteiger partial charge in [-0.2, -0.15) is 0 Å². The molecule has 3 aliphatic heterocycles. The van der Waals surface area contributed by atoms with Gasteiger partial charge < -0.3 is 15.1 Å². The van der Waals surface area contributed by atoms with Crippen LogP contribution in [0.3, 0.4) is 0 Å². The maximum absolute atomic E-state index is 13.0. The molecule has 1 aromatic carbocycles. The SMILES string of the molecule is CC1CCC(N2CCN(CCC(=O)Nc3cccc4c3CN(C3CCC(=O)NC3=O)C4=O)CC2)CC1. The first-order valence-corrected chi connectivity index (χ1v) is 13.4. The maximum atomic E-state index is 13.0. The summed E-state index contributed by atoms with van der Waals surface area (Å²) in [6.07, 6.45) is 6.24. The van der Waals surface area contributed by atoms with E-state index >= 15 is 0 Å². The van der Waals surface area contributed by atoms with E-state index < -0.39 is 11.9 Å². The molecular weight excluding hydrogens is 458 g/mol. The Morgan fingerprint density at radius 2 is 1.78 bits per heavy atom. The molecule has 9 nitrogen and oxygen atoms in total. The Balaban J connectivity index is 1.12. The van der Waals surface area contributed by atoms with E-state index in [0.717, 1.165) is 50.2 Å². The van der Waals surface area contributed by atoms with Gasteiger partial charge in [0.2, 0.25) is 17.7 Å². The van der Waals surface area contributed by atoms with Crippen molar-refractivity contribution in [3.05, 3.63) is 29.3 Å². The first-order valence-electron chi connectivity index (χ1n) is 13.4. The van der Waals surface area contributed by atoms with Crippen LogP contribution in [0.5, 0.6) is 0 Å². The van der Waals surface area contributed by atoms with Crippen LogP contribution in [0.15, 0.2) is 18.2 Å². The number of fused-ring (bicyclic) bond motifs is 1. The zero-order valence-electron chi connectivity index (χ0n) is 21.1. The molecule has 4 aliphatic rings. The van der Waals surface area contributed by atoms with E-state index in [2.05, 4.69) is 27.4 Å². The molecule has 0 radical (unpaired) electrons. The summed E-state index contributed by atoms with van der Waals surface area (Å²) in [5.74, 6) is -0.181. The second kappa shape index (κ2) is 10.7. The van der Waals surface area contributed by atoms with Crippen LogP contribution < -0.4 is 10.6 Å². The summed E-state index contributed by atoms with van der Waals surface area (Å²) in [4.78, 5) is 56.1. The number of piperazine rings is 1. The van der Waals surface area contributed by atoms with Gasteiger partial charge in [-0.25, -0.2) is 0 Å². The molecule has 1 saturated carbocycles. The molecule has 3 heterocycles. The fourth-order valence-electron chi connectivity index (χ4n) is 6.13. The molecule has 1 aromatic rings. The second-order valence-corrected chi connectivity index (χ2v) is 10.8. The number of carbonyl (C=O) groups excluding carboxylic acids is 4. The lowest BCUT2D eigenvalue weighted by molar-refractivity contribution is -0.137. The number of hydrogen-bond donors (Lipinski definition) is 2. The number of hydrogen-bond acceptors (Lipinski definition) is 6. The van der Waals surface area contributed by atoms with E-state index in [4.69, 9.17) is 0 Å². The lowest BCUT2D eigenvalue weighted by Crippen LogP contribution is -2.52. The van der Waals surface area contributed by atoms with Crippen molar-refractivity contribution in [2.24, 2.45) is 5.92 Å². The number of anilines is 1. The average Bonchev–Trinajstić information content (AvgIpc) is 3.21. The highest BCUT2D eigenvalue weighted by Gasteiger charge is 2.40. The van der Waals surface area contributed by atoms with Gasteiger partial charge in [0.1, 0.15) is 6.04 Å². The third-order valence-corrected chi connectivity index (χ3v) is 8.42. The van der Waals surface area contributed by atoms with Crippen LogP contribution in [0.1, 0.15) is 67.8 Å². The normalized spacial score (nSPS) is 27.6. The number of imide groups is 1. The molecule has 9 heteroatoms. The molecule has 5 rings (SSSR count). The lowest BCUT2D eigenvalue weighted by atomic mass is 9.86. The first kappa shape index (κ1) is 24.9. The molecule has 4 amide bonds. The summed E-state index contributed by atoms with van der Waals surface area (Å²) in [6.45, 7) is 7.47. The molecule has 194 valence electrons. The lowest BCUT2D eigenvalue weighted by Gasteiger charge is -2.41. The van der Waals surface area contributed by atoms with Gasteiger partial charge in [-0.1, -0.05) is 13.0 Å². The van der Waals surface area contributed by atoms with Gasteiger partial charge in [0.25, 0.3) is 5.91 Å². The highest BCUT2D eigenvalue weighted by atomic mass is 16.2. The Kier molecular flexibility index (Phi) is 7.39. The number of nitrogens with one attached hydrogen (secondary N) is 2. The van der Waals surface area contributed by atoms with Crippen molar-refractivity contribution in [2.75, 3.05) is 38.0 Å². The number of rotatable bonds is 6. The van der Waals surface area contributed by atoms with Crippen molar-refractivity contribution in [1.29, 1.82) is 0 Å². The Labute approximate surface area is 212 Å². The number of nitrogens with zero attached hydrogens (tertiary/aromatic N) is 3. The van der Waals surface area contributed by atoms with Crippen LogP contribution in [0.25, 0.3) is 0 Å². The molecule has 1 aliphatic carbocycles. The van der Waals surface area contributed by atoms with Gasteiger partial charge in [-0.05, 0) is 50.2 Å². The quantitative estimate of drug-likeness (QED) is 0.585. The molecular formula is C27H37N5O4. The zero-order valence-corrected chi connectivity index (χ0v) is 21.1. The number of amides is 4. The van der Waals surface area contributed by atoms with Crippen LogP contribution in [0, 0.1) is 5.92 Å². The van der Waals surface area contributed by atoms with Crippen molar-refractivity contribution in [2.45, 2.75) is 70.5 Å². The summed E-state index contributed by atoms with van der Waals surface area (Å²) in [5, 5.41) is 5.32. The minimum Gasteiger partial charge on any atom is -0.326 e. The molecule has 0 spiro atoms. The standard InChI is InChI=1S/C27H37N5O4/c1-18-5-7-19(8-6-18)31-15-13-30(14-16-31)12-11-25(34)28-22-4-2-3-20-21(22)17-32(27(20)36)23-9-10-24(33)29-26(23)35/h2-4,18-19,23H,5-17H2,1H3,(H,28,34)(H,29,33,35). The first-order chi connectivity index (χ1) is 17.4. The van der Waals surface area contributed by atoms with Crippen molar-refractivity contribution >= 4 is 29.3 Å². The Morgan fingerprint density at radius 3 is 2.50 bits per heavy atom. The molecule has 36 heavy (non-hydrogen) atoms. The highest BCUT2D eigenvalue weighted by molar-refractivity contribution is 6.06. The monoisotopic (exact) mass is 495 g/mol. The van der Waals surface area contributed by atoms with Crippen molar-refractivity contribution < 1.29 is 19.2 Å². The summed E-state index contributed by atoms with van der Waals surface area (Å²) >= 11 is 0. The highest BCUT2D eigenvalue weighted by Crippen LogP contribution is 2.32. The van der Waals surface area contributed by atoms with Gasteiger partial charge in [0, 0.05) is 75.0 Å². The van der Waals surface area contributed by atoms with Crippen LogP contribution in [0.4, 0.5) is 5.69 Å². The van der Waals surface area contributed by atoms with Crippen molar-refractivity contribution in [3.8, 4) is 0 Å². The maximum Gasteiger partial charge on any atom is 0.255 e. The average molecular weight is 496 g/mol. The minimum atomic E-state index is -0.665. The Hall–Kier alpha value is -2.78. The van der Waals surface area contributed by atoms with Gasteiger partial charge in [-0.3, -0.25) is 29.4 Å². The molecule has 2 N–H and O–H groups in total. The fourth-order valence-corrected chi connectivity index (χ4v) is 6.13. The van der Waals surface area contributed by atoms with Gasteiger partial charge in [-0.15, -0.1) is 0 Å². The zero-order chi connectivity index (χ0) is 25.2. The molecule has 3 fully saturated rings. The van der Waals surface area contributed by atoms with Gasteiger partial charge >= 0.3 is 0 Å². The molecule has 1 atom stereocenters. The topological polar surface area (TPSA) is 102 Å². The van der Waals surface area contributed by atoms with Gasteiger partial charge in [0.05, 0.1) is 0 Å². The number of benzene rings is 1. The predicted octanol–water partition coefficient (Wildman–Crippen LogP) is 1.97. The summed E-state index contributed by atoms with van der Waals surface area (Å²) in [7, 11) is 0. The summed E-state index contributed by atoms with van der Waals surface area (Å²) < 4.78 is 0. The van der Waals surface area contributed by atoms with Crippen LogP contribution in [-0.4, -0.2) is 83.1 Å². The number of carbonyl (C=O) groups is 4. The van der Waals surface area contributed by atoms with Gasteiger partial charge in [0.15, 0.2) is 0 Å². The Bertz CT molecular complexity index is 1030. The summed E-state index contributed by atoms with van der Waals surface area (Å²) in [6, 6.07) is 5.36. The molecule has 0 aromatic heterocycles. The minimum absolute atomic E-state index is 0.0704. The third kappa shape index (κ3) is 5.32. The van der Waals surface area contributed by atoms with E-state index in [1.54, 1.807) is 12.1 Å². The van der Waals surface area contributed by atoms with Crippen molar-refractivity contribution in [3.63, 3.8) is 0 Å². The second-order valence-electron chi connectivity index (χ2n) is 10.8. The largest absolute Gasteiger partial charge is 0.326 e. The van der Waals surface area contributed by atoms with E-state index in [-0.39, 0.29) is 30.7 Å².